The number of aryl methyl sites for hydroxylation is 1. The van der Waals surface area contributed by atoms with E-state index in [9.17, 15) is 19.5 Å². The smallest absolute Gasteiger partial charge is 0.340 e. The molecule has 0 aliphatic rings. The number of nitrogens with one attached hydrogen (secondary N) is 1. The Morgan fingerprint density at radius 3 is 2.52 bits per heavy atom. The van der Waals surface area contributed by atoms with Crippen molar-refractivity contribution in [3.8, 4) is 11.1 Å². The zero-order chi connectivity index (χ0) is 23.7. The van der Waals surface area contributed by atoms with Crippen LogP contribution in [0.4, 0.5) is 0 Å². The third-order valence-corrected chi connectivity index (χ3v) is 6.21. The van der Waals surface area contributed by atoms with Crippen molar-refractivity contribution < 1.29 is 23.5 Å². The predicted molar refractivity (Wildman–Crippen MR) is 128 cm³/mol. The van der Waals surface area contributed by atoms with Gasteiger partial charge in [0, 0.05) is 26.9 Å². The Kier molecular flexibility index (Phi) is 6.37. The van der Waals surface area contributed by atoms with Crippen molar-refractivity contribution in [1.82, 2.24) is 5.32 Å². The summed E-state index contributed by atoms with van der Waals surface area (Å²) >= 11 is 3.44. The first-order chi connectivity index (χ1) is 15.8. The van der Waals surface area contributed by atoms with Gasteiger partial charge in [0.15, 0.2) is 0 Å². The van der Waals surface area contributed by atoms with Gasteiger partial charge in [-0.05, 0) is 42.7 Å². The zero-order valence-corrected chi connectivity index (χ0v) is 19.7. The van der Waals surface area contributed by atoms with Crippen LogP contribution in [-0.4, -0.2) is 23.0 Å². The molecule has 0 spiro atoms. The van der Waals surface area contributed by atoms with Crippen LogP contribution >= 0.6 is 15.9 Å². The largest absolute Gasteiger partial charge is 0.480 e. The lowest BCUT2D eigenvalue weighted by Gasteiger charge is -2.14. The lowest BCUT2D eigenvalue weighted by Crippen LogP contribution is -2.41. The van der Waals surface area contributed by atoms with E-state index in [1.54, 1.807) is 19.3 Å². The van der Waals surface area contributed by atoms with Crippen molar-refractivity contribution >= 4 is 49.7 Å². The van der Waals surface area contributed by atoms with Crippen LogP contribution in [0.25, 0.3) is 33.1 Å². The zero-order valence-electron chi connectivity index (χ0n) is 18.1. The lowest BCUT2D eigenvalue weighted by atomic mass is 9.99. The first-order valence-electron chi connectivity index (χ1n) is 10.5. The molecule has 7 nitrogen and oxygen atoms in total. The first kappa shape index (κ1) is 22.8. The van der Waals surface area contributed by atoms with Crippen molar-refractivity contribution in [2.24, 2.45) is 0 Å². The molecule has 0 saturated heterocycles. The first-order valence-corrected chi connectivity index (χ1v) is 11.3. The molecule has 170 valence electrons. The van der Waals surface area contributed by atoms with Gasteiger partial charge < -0.3 is 19.3 Å². The van der Waals surface area contributed by atoms with Crippen LogP contribution < -0.4 is 10.9 Å². The normalized spacial score (nSPS) is 12.2. The molecule has 0 bridgehead atoms. The van der Waals surface area contributed by atoms with Crippen molar-refractivity contribution in [2.75, 3.05) is 0 Å². The molecular formula is C25H22BrNO6. The molecule has 2 aromatic carbocycles. The van der Waals surface area contributed by atoms with Gasteiger partial charge in [0.2, 0.25) is 5.91 Å². The molecule has 0 radical (unpaired) electrons. The van der Waals surface area contributed by atoms with Gasteiger partial charge in [-0.2, -0.15) is 0 Å². The van der Waals surface area contributed by atoms with Gasteiger partial charge in [0.05, 0.1) is 18.2 Å². The second kappa shape index (κ2) is 9.23. The number of benzene rings is 2. The molecule has 2 aromatic heterocycles. The highest BCUT2D eigenvalue weighted by atomic mass is 79.9. The molecule has 0 unspecified atom stereocenters. The number of rotatable bonds is 7. The average Bonchev–Trinajstić information content (AvgIpc) is 3.18. The molecule has 2 N–H and O–H groups in total. The molecule has 4 rings (SSSR count). The van der Waals surface area contributed by atoms with Crippen molar-refractivity contribution in [3.05, 3.63) is 68.7 Å². The lowest BCUT2D eigenvalue weighted by molar-refractivity contribution is -0.141. The summed E-state index contributed by atoms with van der Waals surface area (Å²) in [4.78, 5) is 36.5. The number of hydrogen-bond acceptors (Lipinski definition) is 5. The van der Waals surface area contributed by atoms with Crippen LogP contribution in [-0.2, 0) is 16.0 Å². The summed E-state index contributed by atoms with van der Waals surface area (Å²) in [6, 6.07) is 10.4. The number of carbonyl (C=O) groups is 2. The summed E-state index contributed by atoms with van der Waals surface area (Å²) in [5.41, 5.74) is 3.00. The van der Waals surface area contributed by atoms with E-state index in [4.69, 9.17) is 8.83 Å². The molecule has 1 atom stereocenters. The number of carboxylic acid groups (broad SMARTS) is 1. The molecule has 1 amide bonds. The Labute approximate surface area is 197 Å². The highest BCUT2D eigenvalue weighted by Crippen LogP contribution is 2.35. The Balaban J connectivity index is 1.74. The van der Waals surface area contributed by atoms with Crippen molar-refractivity contribution in [2.45, 2.75) is 39.2 Å². The fourth-order valence-corrected chi connectivity index (χ4v) is 4.18. The van der Waals surface area contributed by atoms with E-state index >= 15 is 0 Å². The van der Waals surface area contributed by atoms with Crippen molar-refractivity contribution in [1.29, 1.82) is 0 Å². The second-order valence-electron chi connectivity index (χ2n) is 7.92. The van der Waals surface area contributed by atoms with Crippen LogP contribution in [0.5, 0.6) is 0 Å². The summed E-state index contributed by atoms with van der Waals surface area (Å²) in [5, 5.41) is 13.3. The molecule has 0 aliphatic carbocycles. The molecule has 0 fully saturated rings. The summed E-state index contributed by atoms with van der Waals surface area (Å²) < 4.78 is 12.2. The van der Waals surface area contributed by atoms with Gasteiger partial charge in [-0.25, -0.2) is 9.59 Å². The van der Waals surface area contributed by atoms with E-state index in [1.165, 1.54) is 0 Å². The molecular weight excluding hydrogens is 490 g/mol. The average molecular weight is 512 g/mol. The Morgan fingerprint density at radius 2 is 1.85 bits per heavy atom. The SMILES string of the molecule is CCC[C@H](NC(=O)Cc1c(C)c2cc3c(-c4ccc(Br)cc4)coc3cc2oc1=O)C(=O)O. The molecule has 4 aromatic rings. The number of aliphatic carboxylic acids is 1. The van der Waals surface area contributed by atoms with E-state index in [0.717, 1.165) is 21.0 Å². The van der Waals surface area contributed by atoms with E-state index in [0.29, 0.717) is 35.0 Å². The van der Waals surface area contributed by atoms with Crippen molar-refractivity contribution in [3.63, 3.8) is 0 Å². The predicted octanol–water partition coefficient (Wildman–Crippen LogP) is 5.19. The topological polar surface area (TPSA) is 110 Å². The van der Waals surface area contributed by atoms with E-state index in [1.807, 2.05) is 37.3 Å². The summed E-state index contributed by atoms with van der Waals surface area (Å²) in [7, 11) is 0. The van der Waals surface area contributed by atoms with Gasteiger partial charge in [-0.15, -0.1) is 0 Å². The quantitative estimate of drug-likeness (QED) is 0.330. The minimum absolute atomic E-state index is 0.202. The number of carboxylic acids is 1. The maximum Gasteiger partial charge on any atom is 0.340 e. The van der Waals surface area contributed by atoms with Gasteiger partial charge in [0.25, 0.3) is 0 Å². The van der Waals surface area contributed by atoms with Crippen LogP contribution in [0.3, 0.4) is 0 Å². The maximum absolute atomic E-state index is 12.6. The molecule has 33 heavy (non-hydrogen) atoms. The van der Waals surface area contributed by atoms with Crippen LogP contribution in [0.2, 0.25) is 0 Å². The molecule has 0 saturated carbocycles. The highest BCUT2D eigenvalue weighted by Gasteiger charge is 2.22. The number of furan rings is 1. The number of halogens is 1. The highest BCUT2D eigenvalue weighted by molar-refractivity contribution is 9.10. The van der Waals surface area contributed by atoms with Gasteiger partial charge in [-0.1, -0.05) is 41.4 Å². The minimum Gasteiger partial charge on any atom is -0.480 e. The standard InChI is InChI=1S/C25H22BrNO6/c1-3-4-20(24(29)30)27-23(28)10-17-13(2)16-9-18-19(14-5-7-15(26)8-6-14)12-32-21(18)11-22(16)33-25(17)31/h5-9,11-12,20H,3-4,10H2,1-2H3,(H,27,28)(H,29,30)/t20-/m0/s1. The molecule has 8 heteroatoms. The van der Waals surface area contributed by atoms with Gasteiger partial charge in [0.1, 0.15) is 17.2 Å². The number of amides is 1. The van der Waals surface area contributed by atoms with Crippen LogP contribution in [0.1, 0.15) is 30.9 Å². The number of hydrogen-bond donors (Lipinski definition) is 2. The van der Waals surface area contributed by atoms with Gasteiger partial charge >= 0.3 is 11.6 Å². The van der Waals surface area contributed by atoms with Crippen LogP contribution in [0, 0.1) is 6.92 Å². The summed E-state index contributed by atoms with van der Waals surface area (Å²) in [5.74, 6) is -1.64. The van der Waals surface area contributed by atoms with E-state index in [-0.39, 0.29) is 12.0 Å². The summed E-state index contributed by atoms with van der Waals surface area (Å²) in [6.45, 7) is 3.59. The number of fused-ring (bicyclic) bond motifs is 2. The monoisotopic (exact) mass is 511 g/mol. The summed E-state index contributed by atoms with van der Waals surface area (Å²) in [6.07, 6.45) is 2.31. The van der Waals surface area contributed by atoms with E-state index < -0.39 is 23.5 Å². The molecule has 0 aliphatic heterocycles. The van der Waals surface area contributed by atoms with Gasteiger partial charge in [-0.3, -0.25) is 4.79 Å². The fraction of sp³-hybridized carbons (Fsp3) is 0.240. The number of carbonyl (C=O) groups excluding carboxylic acids is 1. The minimum atomic E-state index is -1.10. The Hall–Kier alpha value is -3.39. The second-order valence-corrected chi connectivity index (χ2v) is 8.83. The molecule has 2 heterocycles. The van der Waals surface area contributed by atoms with Crippen LogP contribution in [0.15, 0.2) is 60.8 Å². The Bertz CT molecular complexity index is 1420. The third-order valence-electron chi connectivity index (χ3n) is 5.68. The fourth-order valence-electron chi connectivity index (χ4n) is 3.92. The Morgan fingerprint density at radius 1 is 1.12 bits per heavy atom. The third kappa shape index (κ3) is 4.57. The van der Waals surface area contributed by atoms with E-state index in [2.05, 4.69) is 21.2 Å². The maximum atomic E-state index is 12.6.